The highest BCUT2D eigenvalue weighted by molar-refractivity contribution is 5.41. The summed E-state index contributed by atoms with van der Waals surface area (Å²) >= 11 is 0. The van der Waals surface area contributed by atoms with Crippen molar-refractivity contribution >= 4 is 5.69 Å². The zero-order valence-electron chi connectivity index (χ0n) is 12.7. The predicted octanol–water partition coefficient (Wildman–Crippen LogP) is 2.84. The zero-order valence-corrected chi connectivity index (χ0v) is 12.7. The number of aromatic nitrogens is 3. The van der Waals surface area contributed by atoms with Gasteiger partial charge < -0.3 is 10.1 Å². The van der Waals surface area contributed by atoms with Crippen LogP contribution in [0.5, 0.6) is 0 Å². The standard InChI is InChI=1S/C17H22N4O/c1-2-7-17(6-1)16(5-10-22-17)20-15-11-19-21(13-15)12-14-3-8-18-9-4-14/h3-4,8-9,11,13,16,20H,1-2,5-7,10,12H2. The Hall–Kier alpha value is -1.88. The molecule has 2 fully saturated rings. The van der Waals surface area contributed by atoms with Gasteiger partial charge in [0.05, 0.1) is 30.1 Å². The van der Waals surface area contributed by atoms with E-state index in [1.807, 2.05) is 35.4 Å². The molecule has 2 aromatic heterocycles. The zero-order chi connectivity index (χ0) is 14.8. The smallest absolute Gasteiger partial charge is 0.0883 e. The van der Waals surface area contributed by atoms with Crippen molar-refractivity contribution in [3.63, 3.8) is 0 Å². The molecule has 1 aliphatic heterocycles. The molecule has 1 saturated heterocycles. The van der Waals surface area contributed by atoms with Gasteiger partial charge in [0.1, 0.15) is 0 Å². The van der Waals surface area contributed by atoms with Crippen LogP contribution in [0.4, 0.5) is 5.69 Å². The maximum Gasteiger partial charge on any atom is 0.0883 e. The third-order valence-electron chi connectivity index (χ3n) is 4.95. The van der Waals surface area contributed by atoms with Crippen molar-refractivity contribution in [1.29, 1.82) is 0 Å². The summed E-state index contributed by atoms with van der Waals surface area (Å²) in [6, 6.07) is 4.47. The lowest BCUT2D eigenvalue weighted by Crippen LogP contribution is -2.41. The lowest BCUT2D eigenvalue weighted by atomic mass is 9.92. The van der Waals surface area contributed by atoms with Gasteiger partial charge >= 0.3 is 0 Å². The van der Waals surface area contributed by atoms with Gasteiger partial charge in [-0.25, -0.2) is 0 Å². The van der Waals surface area contributed by atoms with Crippen LogP contribution < -0.4 is 5.32 Å². The summed E-state index contributed by atoms with van der Waals surface area (Å²) in [5.41, 5.74) is 2.38. The van der Waals surface area contributed by atoms with E-state index in [9.17, 15) is 0 Å². The Labute approximate surface area is 130 Å². The van der Waals surface area contributed by atoms with Crippen molar-refractivity contribution in [3.05, 3.63) is 42.5 Å². The minimum Gasteiger partial charge on any atom is -0.377 e. The first-order chi connectivity index (χ1) is 10.8. The Morgan fingerprint density at radius 1 is 1.27 bits per heavy atom. The highest BCUT2D eigenvalue weighted by Crippen LogP contribution is 2.42. The molecule has 2 aliphatic rings. The summed E-state index contributed by atoms with van der Waals surface area (Å²) in [5.74, 6) is 0. The molecular weight excluding hydrogens is 276 g/mol. The van der Waals surface area contributed by atoms with Crippen LogP contribution in [0.25, 0.3) is 0 Å². The molecule has 116 valence electrons. The molecule has 1 saturated carbocycles. The molecule has 1 spiro atoms. The Balaban J connectivity index is 1.43. The van der Waals surface area contributed by atoms with E-state index < -0.39 is 0 Å². The Bertz CT molecular complexity index is 613. The molecule has 0 aromatic carbocycles. The second-order valence-electron chi connectivity index (χ2n) is 6.39. The molecule has 22 heavy (non-hydrogen) atoms. The summed E-state index contributed by atoms with van der Waals surface area (Å²) in [6.07, 6.45) is 13.7. The lowest BCUT2D eigenvalue weighted by molar-refractivity contribution is 0.00523. The average Bonchev–Trinajstić information content (AvgIpc) is 3.26. The Kier molecular flexibility index (Phi) is 3.58. The predicted molar refractivity (Wildman–Crippen MR) is 84.7 cm³/mol. The minimum absolute atomic E-state index is 0.0766. The number of anilines is 1. The molecule has 5 nitrogen and oxygen atoms in total. The van der Waals surface area contributed by atoms with Gasteiger partial charge in [-0.3, -0.25) is 9.67 Å². The van der Waals surface area contributed by atoms with Crippen LogP contribution in [0.1, 0.15) is 37.7 Å². The van der Waals surface area contributed by atoms with Crippen LogP contribution >= 0.6 is 0 Å². The topological polar surface area (TPSA) is 52.0 Å². The van der Waals surface area contributed by atoms with Gasteiger partial charge in [-0.05, 0) is 37.0 Å². The number of nitrogens with zero attached hydrogens (tertiary/aromatic N) is 3. The average molecular weight is 298 g/mol. The van der Waals surface area contributed by atoms with Gasteiger partial charge in [-0.2, -0.15) is 5.10 Å². The summed E-state index contributed by atoms with van der Waals surface area (Å²) in [5, 5.41) is 8.12. The minimum atomic E-state index is 0.0766. The van der Waals surface area contributed by atoms with Crippen molar-refractivity contribution in [2.75, 3.05) is 11.9 Å². The largest absolute Gasteiger partial charge is 0.377 e. The summed E-state index contributed by atoms with van der Waals surface area (Å²) < 4.78 is 8.06. The SMILES string of the molecule is c1cc(Cn2cc(NC3CCOC34CCCC4)cn2)ccn1. The van der Waals surface area contributed by atoms with Crippen molar-refractivity contribution < 1.29 is 4.74 Å². The van der Waals surface area contributed by atoms with Crippen LogP contribution in [0.15, 0.2) is 36.9 Å². The molecule has 4 rings (SSSR count). The Morgan fingerprint density at radius 3 is 2.91 bits per heavy atom. The van der Waals surface area contributed by atoms with E-state index in [-0.39, 0.29) is 5.60 Å². The van der Waals surface area contributed by atoms with Crippen LogP contribution in [-0.4, -0.2) is 33.0 Å². The van der Waals surface area contributed by atoms with Crippen molar-refractivity contribution in [2.24, 2.45) is 0 Å². The van der Waals surface area contributed by atoms with Crippen molar-refractivity contribution in [3.8, 4) is 0 Å². The molecule has 0 bridgehead atoms. The van der Waals surface area contributed by atoms with Gasteiger partial charge in [0, 0.05) is 25.2 Å². The van der Waals surface area contributed by atoms with E-state index in [0.717, 1.165) is 25.3 Å². The number of hydrogen-bond donors (Lipinski definition) is 1. The molecule has 1 atom stereocenters. The first kappa shape index (κ1) is 13.8. The summed E-state index contributed by atoms with van der Waals surface area (Å²) in [6.45, 7) is 1.65. The second kappa shape index (κ2) is 5.72. The van der Waals surface area contributed by atoms with Crippen LogP contribution in [0.3, 0.4) is 0 Å². The fourth-order valence-electron chi connectivity index (χ4n) is 3.81. The number of pyridine rings is 1. The Morgan fingerprint density at radius 2 is 2.09 bits per heavy atom. The van der Waals surface area contributed by atoms with Gasteiger partial charge in [-0.1, -0.05) is 12.8 Å². The molecule has 1 aliphatic carbocycles. The molecule has 5 heteroatoms. The molecule has 1 N–H and O–H groups in total. The second-order valence-corrected chi connectivity index (χ2v) is 6.39. The fourth-order valence-corrected chi connectivity index (χ4v) is 3.81. The molecule has 0 radical (unpaired) electrons. The highest BCUT2D eigenvalue weighted by atomic mass is 16.5. The van der Waals surface area contributed by atoms with Crippen LogP contribution in [0, 0.1) is 0 Å². The summed E-state index contributed by atoms with van der Waals surface area (Å²) in [4.78, 5) is 4.05. The molecule has 2 aromatic rings. The highest BCUT2D eigenvalue weighted by Gasteiger charge is 2.46. The van der Waals surface area contributed by atoms with Gasteiger partial charge in [0.15, 0.2) is 0 Å². The lowest BCUT2D eigenvalue weighted by Gasteiger charge is -2.30. The van der Waals surface area contributed by atoms with E-state index in [1.165, 1.54) is 31.2 Å². The number of ether oxygens (including phenoxy) is 1. The molecule has 1 unspecified atom stereocenters. The first-order valence-electron chi connectivity index (χ1n) is 8.16. The monoisotopic (exact) mass is 298 g/mol. The normalized spacial score (nSPS) is 23.2. The molecular formula is C17H22N4O. The van der Waals surface area contributed by atoms with Crippen LogP contribution in [-0.2, 0) is 11.3 Å². The van der Waals surface area contributed by atoms with E-state index in [2.05, 4.69) is 21.6 Å². The van der Waals surface area contributed by atoms with E-state index in [0.29, 0.717) is 6.04 Å². The van der Waals surface area contributed by atoms with Gasteiger partial charge in [0.25, 0.3) is 0 Å². The number of nitrogens with one attached hydrogen (secondary N) is 1. The third-order valence-corrected chi connectivity index (χ3v) is 4.95. The summed E-state index contributed by atoms with van der Waals surface area (Å²) in [7, 11) is 0. The van der Waals surface area contributed by atoms with E-state index in [1.54, 1.807) is 0 Å². The number of rotatable bonds is 4. The molecule has 3 heterocycles. The number of hydrogen-bond acceptors (Lipinski definition) is 4. The quantitative estimate of drug-likeness (QED) is 0.943. The maximum atomic E-state index is 6.09. The van der Waals surface area contributed by atoms with Crippen molar-refractivity contribution in [1.82, 2.24) is 14.8 Å². The van der Waals surface area contributed by atoms with E-state index >= 15 is 0 Å². The van der Waals surface area contributed by atoms with Crippen LogP contribution in [0.2, 0.25) is 0 Å². The van der Waals surface area contributed by atoms with Gasteiger partial charge in [0.2, 0.25) is 0 Å². The molecule has 0 amide bonds. The first-order valence-corrected chi connectivity index (χ1v) is 8.16. The van der Waals surface area contributed by atoms with Gasteiger partial charge in [-0.15, -0.1) is 0 Å². The third kappa shape index (κ3) is 2.61. The fraction of sp³-hybridized carbons (Fsp3) is 0.529. The van der Waals surface area contributed by atoms with Crippen molar-refractivity contribution in [2.45, 2.75) is 50.3 Å². The van der Waals surface area contributed by atoms with E-state index in [4.69, 9.17) is 4.74 Å². The maximum absolute atomic E-state index is 6.09.